The number of phenolic OH excluding ortho intramolecular Hbond substituents is 2. The van der Waals surface area contributed by atoms with E-state index in [1.807, 2.05) is 48.8 Å². The molecule has 4 aliphatic carbocycles. The molecule has 0 aliphatic heterocycles. The standard InChI is InChI=1S/2C27H33N5O3/c2*1-35-23-9-5-8-22(33)24(23)25(34)30-17-27(20-6-3-2-4-7-20)14-12-21(13-15-27)32-26(31-18-28)29-16-19-10-11-19/h2*2-9,19,21,33H,10-17H2,1H3,(H,30,34)(H2,29,31,32). The molecule has 8 N–H and O–H groups in total. The summed E-state index contributed by atoms with van der Waals surface area (Å²) in [6.45, 7) is 2.39. The highest BCUT2D eigenvalue weighted by Gasteiger charge is 2.39. The molecular weight excluding hydrogens is 885 g/mol. The van der Waals surface area contributed by atoms with E-state index in [2.05, 4.69) is 66.2 Å². The lowest BCUT2D eigenvalue weighted by Crippen LogP contribution is -2.49. The molecule has 2 amide bonds. The molecular formula is C54H66N10O6. The fraction of sp³-hybridized carbons (Fsp3) is 0.444. The molecule has 4 aromatic rings. The van der Waals surface area contributed by atoms with Gasteiger partial charge in [0.1, 0.15) is 34.1 Å². The first-order chi connectivity index (χ1) is 34.1. The number of hydrogen-bond acceptors (Lipinski definition) is 10. The molecule has 0 atom stereocenters. The number of aromatic hydroxyl groups is 2. The summed E-state index contributed by atoms with van der Waals surface area (Å²) in [5.74, 6) is 2.16. The normalized spacial score (nSPS) is 22.1. The van der Waals surface area contributed by atoms with E-state index < -0.39 is 0 Å². The summed E-state index contributed by atoms with van der Waals surface area (Å²) in [7, 11) is 2.96. The number of benzene rings is 4. The summed E-state index contributed by atoms with van der Waals surface area (Å²) in [6, 6.07) is 30.5. The SMILES string of the molecule is COc1cccc(O)c1C(=O)NCC1(c2ccccc2)CCC(NC(=NCC2CC2)NC#N)CC1.COc1cccc(O)c1C(=O)NCC1(c2ccccc2)CCC(NC(=NCC2CC2)NC#N)CC1. The molecule has 0 radical (unpaired) electrons. The number of hydrogen-bond donors (Lipinski definition) is 8. The Hall–Kier alpha value is -7.46. The highest BCUT2D eigenvalue weighted by Crippen LogP contribution is 2.41. The monoisotopic (exact) mass is 951 g/mol. The third-order valence-corrected chi connectivity index (χ3v) is 14.2. The van der Waals surface area contributed by atoms with Gasteiger partial charge in [-0.3, -0.25) is 30.2 Å². The highest BCUT2D eigenvalue weighted by molar-refractivity contribution is 6.00. The van der Waals surface area contributed by atoms with Crippen LogP contribution in [0.25, 0.3) is 0 Å². The van der Waals surface area contributed by atoms with Crippen LogP contribution in [0.5, 0.6) is 23.0 Å². The van der Waals surface area contributed by atoms with Gasteiger partial charge in [-0.1, -0.05) is 72.8 Å². The summed E-state index contributed by atoms with van der Waals surface area (Å²) in [5, 5.41) is 57.1. The quantitative estimate of drug-likeness (QED) is 0.0249. The van der Waals surface area contributed by atoms with Crippen LogP contribution in [-0.2, 0) is 10.8 Å². The van der Waals surface area contributed by atoms with Crippen molar-refractivity contribution in [3.8, 4) is 35.4 Å². The Morgan fingerprint density at radius 2 is 0.943 bits per heavy atom. The number of nitriles is 2. The molecule has 0 unspecified atom stereocenters. The summed E-state index contributed by atoms with van der Waals surface area (Å²) in [5.41, 5.74) is 2.18. The fourth-order valence-corrected chi connectivity index (χ4v) is 9.64. The lowest BCUT2D eigenvalue weighted by atomic mass is 9.68. The van der Waals surface area contributed by atoms with Crippen molar-refractivity contribution in [2.75, 3.05) is 40.4 Å². The molecule has 16 heteroatoms. The van der Waals surface area contributed by atoms with E-state index in [4.69, 9.17) is 20.0 Å². The largest absolute Gasteiger partial charge is 0.507 e. The smallest absolute Gasteiger partial charge is 0.258 e. The molecule has 0 bridgehead atoms. The van der Waals surface area contributed by atoms with Gasteiger partial charge in [0.25, 0.3) is 11.8 Å². The highest BCUT2D eigenvalue weighted by atomic mass is 16.5. The van der Waals surface area contributed by atoms with E-state index in [1.165, 1.54) is 63.2 Å². The van der Waals surface area contributed by atoms with Gasteiger partial charge < -0.3 is 41.0 Å². The first-order valence-electron chi connectivity index (χ1n) is 24.4. The van der Waals surface area contributed by atoms with Gasteiger partial charge in [0, 0.05) is 49.1 Å². The van der Waals surface area contributed by atoms with Crippen molar-refractivity contribution in [2.24, 2.45) is 21.8 Å². The number of aliphatic imine (C=N–C) groups is 2. The van der Waals surface area contributed by atoms with Crippen LogP contribution in [0.15, 0.2) is 107 Å². The Labute approximate surface area is 411 Å². The molecule has 0 heterocycles. The number of nitrogens with one attached hydrogen (secondary N) is 6. The van der Waals surface area contributed by atoms with Crippen LogP contribution in [0.1, 0.15) is 109 Å². The van der Waals surface area contributed by atoms with E-state index in [1.54, 1.807) is 24.3 Å². The van der Waals surface area contributed by atoms with Gasteiger partial charge in [0.2, 0.25) is 11.9 Å². The molecule has 0 spiro atoms. The van der Waals surface area contributed by atoms with Crippen LogP contribution < -0.4 is 41.4 Å². The molecule has 70 heavy (non-hydrogen) atoms. The maximum absolute atomic E-state index is 13.1. The number of rotatable bonds is 16. The third kappa shape index (κ3) is 13.4. The Morgan fingerprint density at radius 3 is 1.27 bits per heavy atom. The minimum Gasteiger partial charge on any atom is -0.507 e. The lowest BCUT2D eigenvalue weighted by Gasteiger charge is -2.41. The molecule has 8 rings (SSSR count). The summed E-state index contributed by atoms with van der Waals surface area (Å²) >= 11 is 0. The van der Waals surface area contributed by atoms with E-state index in [0.717, 1.165) is 64.5 Å². The minimum absolute atomic E-state index is 0.105. The number of methoxy groups -OCH3 is 2. The number of guanidine groups is 2. The van der Waals surface area contributed by atoms with Crippen molar-refractivity contribution in [1.82, 2.24) is 31.9 Å². The Kier molecular flexibility index (Phi) is 17.4. The van der Waals surface area contributed by atoms with Crippen molar-refractivity contribution in [3.05, 3.63) is 119 Å². The van der Waals surface area contributed by atoms with E-state index in [-0.39, 0.29) is 57.4 Å². The number of nitrogens with zero attached hydrogens (tertiary/aromatic N) is 4. The van der Waals surface area contributed by atoms with Crippen molar-refractivity contribution in [2.45, 2.75) is 100.0 Å². The van der Waals surface area contributed by atoms with Gasteiger partial charge in [-0.05, 0) is 124 Å². The van der Waals surface area contributed by atoms with E-state index >= 15 is 0 Å². The van der Waals surface area contributed by atoms with Gasteiger partial charge in [-0.25, -0.2) is 0 Å². The zero-order valence-corrected chi connectivity index (χ0v) is 40.2. The van der Waals surface area contributed by atoms with Crippen molar-refractivity contribution >= 4 is 23.7 Å². The average molecular weight is 951 g/mol. The molecule has 4 aromatic carbocycles. The maximum Gasteiger partial charge on any atom is 0.258 e. The topological polar surface area (TPSA) is 238 Å². The first-order valence-corrected chi connectivity index (χ1v) is 24.4. The van der Waals surface area contributed by atoms with Gasteiger partial charge in [0.05, 0.1) is 14.2 Å². The number of amides is 2. The Balaban J connectivity index is 0.000000206. The molecule has 0 saturated heterocycles. The van der Waals surface area contributed by atoms with Crippen molar-refractivity contribution in [1.29, 1.82) is 10.5 Å². The molecule has 0 aromatic heterocycles. The second kappa shape index (κ2) is 24.2. The van der Waals surface area contributed by atoms with E-state index in [9.17, 15) is 19.8 Å². The van der Waals surface area contributed by atoms with Gasteiger partial charge >= 0.3 is 0 Å². The predicted octanol–water partition coefficient (Wildman–Crippen LogP) is 6.87. The zero-order valence-electron chi connectivity index (χ0n) is 40.2. The molecule has 4 aliphatic rings. The molecule has 4 fully saturated rings. The second-order valence-corrected chi connectivity index (χ2v) is 18.9. The van der Waals surface area contributed by atoms with Crippen LogP contribution in [0.3, 0.4) is 0 Å². The van der Waals surface area contributed by atoms with Gasteiger partial charge in [-0.15, -0.1) is 0 Å². The predicted molar refractivity (Wildman–Crippen MR) is 269 cm³/mol. The average Bonchev–Trinajstić information content (AvgIpc) is 4.35. The molecule has 4 saturated carbocycles. The summed E-state index contributed by atoms with van der Waals surface area (Å²) in [6.07, 6.45) is 15.7. The van der Waals surface area contributed by atoms with Crippen molar-refractivity contribution in [3.63, 3.8) is 0 Å². The summed E-state index contributed by atoms with van der Waals surface area (Å²) in [4.78, 5) is 35.2. The Bertz CT molecular complexity index is 2340. The van der Waals surface area contributed by atoms with E-state index in [0.29, 0.717) is 48.3 Å². The van der Waals surface area contributed by atoms with Crippen molar-refractivity contribution < 1.29 is 29.3 Å². The molecule has 16 nitrogen and oxygen atoms in total. The van der Waals surface area contributed by atoms with Crippen LogP contribution in [0.2, 0.25) is 0 Å². The second-order valence-electron chi connectivity index (χ2n) is 18.9. The summed E-state index contributed by atoms with van der Waals surface area (Å²) < 4.78 is 10.6. The zero-order chi connectivity index (χ0) is 49.4. The lowest BCUT2D eigenvalue weighted by molar-refractivity contribution is 0.0920. The number of phenols is 2. The third-order valence-electron chi connectivity index (χ3n) is 14.2. The number of carbonyl (C=O) groups is 2. The first kappa shape index (κ1) is 50.4. The number of carbonyl (C=O) groups excluding carboxylic acids is 2. The van der Waals surface area contributed by atoms with Crippen LogP contribution in [0, 0.1) is 34.7 Å². The van der Waals surface area contributed by atoms with Crippen LogP contribution in [-0.4, -0.2) is 86.4 Å². The fourth-order valence-electron chi connectivity index (χ4n) is 9.64. The van der Waals surface area contributed by atoms with Crippen LogP contribution >= 0.6 is 0 Å². The minimum atomic E-state index is -0.358. The van der Waals surface area contributed by atoms with Gasteiger partial charge in [-0.2, -0.15) is 10.5 Å². The van der Waals surface area contributed by atoms with Gasteiger partial charge in [0.15, 0.2) is 12.4 Å². The van der Waals surface area contributed by atoms with Crippen LogP contribution in [0.4, 0.5) is 0 Å². The maximum atomic E-state index is 13.1. The number of ether oxygens (including phenoxy) is 2. The Morgan fingerprint density at radius 1 is 0.571 bits per heavy atom. The molecule has 368 valence electrons.